The van der Waals surface area contributed by atoms with E-state index in [0.717, 1.165) is 19.4 Å². The van der Waals surface area contributed by atoms with Gasteiger partial charge in [0, 0.05) is 18.2 Å². The van der Waals surface area contributed by atoms with Crippen molar-refractivity contribution in [1.82, 2.24) is 4.90 Å². The molecule has 0 radical (unpaired) electrons. The maximum atomic E-state index is 13.2. The topological polar surface area (TPSA) is 68.2 Å². The number of phenolic OH excluding ortho intramolecular Hbond substituents is 1. The summed E-state index contributed by atoms with van der Waals surface area (Å²) in [6.45, 7) is 5.55. The molecule has 0 aromatic heterocycles. The number of piperidine rings is 1. The van der Waals surface area contributed by atoms with Gasteiger partial charge in [0.1, 0.15) is 23.0 Å². The van der Waals surface area contributed by atoms with Crippen molar-refractivity contribution in [1.29, 1.82) is 0 Å². The number of aromatic hydroxyl groups is 1. The monoisotopic (exact) mass is 423 g/mol. The molecule has 0 saturated carbocycles. The van der Waals surface area contributed by atoms with Crippen LogP contribution in [0.5, 0.6) is 23.0 Å². The minimum Gasteiger partial charge on any atom is -0.507 e. The number of carbonyl (C=O) groups excluding carboxylic acids is 1. The molecule has 1 unspecified atom stereocenters. The molecule has 2 heterocycles. The number of ether oxygens (including phenoxy) is 3. The summed E-state index contributed by atoms with van der Waals surface area (Å²) < 4.78 is 16.8. The molecule has 1 atom stereocenters. The molecule has 0 spiro atoms. The van der Waals surface area contributed by atoms with Crippen LogP contribution in [-0.2, 0) is 6.54 Å². The normalized spacial score (nSPS) is 19.9. The van der Waals surface area contributed by atoms with Crippen molar-refractivity contribution in [2.45, 2.75) is 45.7 Å². The van der Waals surface area contributed by atoms with Gasteiger partial charge in [-0.2, -0.15) is 0 Å². The molecule has 6 nitrogen and oxygen atoms in total. The fourth-order valence-corrected chi connectivity index (χ4v) is 4.42. The number of nitrogens with zero attached hydrogens (tertiary/aromatic N) is 1. The summed E-state index contributed by atoms with van der Waals surface area (Å²) in [6, 6.07) is 7.48. The van der Waals surface area contributed by atoms with Crippen LogP contribution in [0.1, 0.15) is 53.2 Å². The van der Waals surface area contributed by atoms with E-state index in [4.69, 9.17) is 14.2 Å². The number of phenols is 1. The van der Waals surface area contributed by atoms with E-state index in [1.807, 2.05) is 6.92 Å². The number of benzene rings is 2. The highest BCUT2D eigenvalue weighted by Crippen LogP contribution is 2.43. The quantitative estimate of drug-likeness (QED) is 0.703. The second kappa shape index (κ2) is 8.63. The van der Waals surface area contributed by atoms with Crippen LogP contribution >= 0.6 is 0 Å². The SMILES string of the molecule is COc1ccc(OC)c(/C=C2\Oc3c(CN4CCCCC4C)c(O)cc(C)c3C2=O)c1. The molecule has 31 heavy (non-hydrogen) atoms. The van der Waals surface area contributed by atoms with Crippen molar-refractivity contribution in [3.63, 3.8) is 0 Å². The van der Waals surface area contributed by atoms with Crippen LogP contribution in [0.25, 0.3) is 6.08 Å². The maximum absolute atomic E-state index is 13.2. The smallest absolute Gasteiger partial charge is 0.232 e. The average molecular weight is 424 g/mol. The minimum absolute atomic E-state index is 0.169. The summed E-state index contributed by atoms with van der Waals surface area (Å²) >= 11 is 0. The van der Waals surface area contributed by atoms with Gasteiger partial charge in [-0.05, 0) is 69.1 Å². The van der Waals surface area contributed by atoms with Crippen LogP contribution < -0.4 is 14.2 Å². The van der Waals surface area contributed by atoms with Crippen molar-refractivity contribution in [3.8, 4) is 23.0 Å². The number of rotatable bonds is 5. The number of hydrogen-bond acceptors (Lipinski definition) is 6. The molecule has 1 N–H and O–H groups in total. The van der Waals surface area contributed by atoms with Crippen molar-refractivity contribution in [3.05, 3.63) is 52.3 Å². The molecule has 164 valence electrons. The summed E-state index contributed by atoms with van der Waals surface area (Å²) in [6.07, 6.45) is 5.17. The van der Waals surface area contributed by atoms with Crippen molar-refractivity contribution < 1.29 is 24.1 Å². The first-order valence-corrected chi connectivity index (χ1v) is 10.7. The summed E-state index contributed by atoms with van der Waals surface area (Å²) in [4.78, 5) is 15.6. The van der Waals surface area contributed by atoms with Gasteiger partial charge in [0.15, 0.2) is 5.76 Å². The number of ketones is 1. The van der Waals surface area contributed by atoms with Crippen molar-refractivity contribution in [2.75, 3.05) is 20.8 Å². The van der Waals surface area contributed by atoms with Gasteiger partial charge in [-0.3, -0.25) is 9.69 Å². The second-order valence-electron chi connectivity index (χ2n) is 8.26. The third-order valence-corrected chi connectivity index (χ3v) is 6.25. The maximum Gasteiger partial charge on any atom is 0.232 e. The van der Waals surface area contributed by atoms with E-state index in [2.05, 4.69) is 11.8 Å². The molecule has 2 aliphatic rings. The first kappa shape index (κ1) is 21.2. The predicted octanol–water partition coefficient (Wildman–Crippen LogP) is 4.71. The molecule has 1 fully saturated rings. The summed E-state index contributed by atoms with van der Waals surface area (Å²) in [5.74, 6) is 1.93. The van der Waals surface area contributed by atoms with E-state index < -0.39 is 0 Å². The number of aryl methyl sites for hydroxylation is 1. The van der Waals surface area contributed by atoms with Gasteiger partial charge >= 0.3 is 0 Å². The minimum atomic E-state index is -0.190. The number of fused-ring (bicyclic) bond motifs is 1. The Morgan fingerprint density at radius 3 is 2.74 bits per heavy atom. The lowest BCUT2D eigenvalue weighted by Gasteiger charge is -2.33. The summed E-state index contributed by atoms with van der Waals surface area (Å²) in [7, 11) is 3.17. The Labute approximate surface area is 183 Å². The third-order valence-electron chi connectivity index (χ3n) is 6.25. The zero-order chi connectivity index (χ0) is 22.1. The van der Waals surface area contributed by atoms with Crippen LogP contribution in [0.15, 0.2) is 30.0 Å². The largest absolute Gasteiger partial charge is 0.507 e. The second-order valence-corrected chi connectivity index (χ2v) is 8.26. The average Bonchev–Trinajstić information content (AvgIpc) is 3.08. The van der Waals surface area contributed by atoms with Gasteiger partial charge in [-0.1, -0.05) is 6.42 Å². The Morgan fingerprint density at radius 1 is 1.23 bits per heavy atom. The molecule has 2 aromatic carbocycles. The van der Waals surface area contributed by atoms with E-state index >= 15 is 0 Å². The molecule has 6 heteroatoms. The van der Waals surface area contributed by atoms with Crippen LogP contribution in [-0.4, -0.2) is 42.6 Å². The van der Waals surface area contributed by atoms with Crippen LogP contribution in [0.3, 0.4) is 0 Å². The molecule has 2 aliphatic heterocycles. The molecule has 2 aromatic rings. The molecular formula is C25H29NO5. The lowest BCUT2D eigenvalue weighted by atomic mass is 9.97. The van der Waals surface area contributed by atoms with Gasteiger partial charge in [0.2, 0.25) is 5.78 Å². The molecule has 0 bridgehead atoms. The Bertz CT molecular complexity index is 1040. The molecule has 0 amide bonds. The lowest BCUT2D eigenvalue weighted by molar-refractivity contribution is 0.101. The zero-order valence-corrected chi connectivity index (χ0v) is 18.5. The Kier molecular flexibility index (Phi) is 5.92. The number of hydrogen-bond donors (Lipinski definition) is 1. The predicted molar refractivity (Wildman–Crippen MR) is 119 cm³/mol. The number of carbonyl (C=O) groups is 1. The zero-order valence-electron chi connectivity index (χ0n) is 18.5. The van der Waals surface area contributed by atoms with Crippen LogP contribution in [0, 0.1) is 6.92 Å². The van der Waals surface area contributed by atoms with E-state index in [0.29, 0.717) is 52.1 Å². The van der Waals surface area contributed by atoms with Crippen LogP contribution in [0.4, 0.5) is 0 Å². The summed E-state index contributed by atoms with van der Waals surface area (Å²) in [5, 5.41) is 10.7. The molecule has 4 rings (SSSR count). The fraction of sp³-hybridized carbons (Fsp3) is 0.400. The highest BCUT2D eigenvalue weighted by Gasteiger charge is 2.34. The van der Waals surface area contributed by atoms with Crippen molar-refractivity contribution >= 4 is 11.9 Å². The lowest BCUT2D eigenvalue weighted by Crippen LogP contribution is -2.36. The highest BCUT2D eigenvalue weighted by atomic mass is 16.5. The van der Waals surface area contributed by atoms with Gasteiger partial charge in [0.05, 0.1) is 25.3 Å². The van der Waals surface area contributed by atoms with E-state index in [-0.39, 0.29) is 17.3 Å². The number of Topliss-reactive ketones (excluding diaryl/α,β-unsaturated/α-hetero) is 1. The molecular weight excluding hydrogens is 394 g/mol. The standard InChI is InChI=1S/C25H29NO5/c1-15-11-20(27)19(14-26-10-6-5-7-16(26)2)25-23(15)24(28)22(31-25)13-17-12-18(29-3)8-9-21(17)30-4/h8-9,11-13,16,27H,5-7,10,14H2,1-4H3/b22-13-. The highest BCUT2D eigenvalue weighted by molar-refractivity contribution is 6.16. The Morgan fingerprint density at radius 2 is 2.03 bits per heavy atom. The summed E-state index contributed by atoms with van der Waals surface area (Å²) in [5.41, 5.74) is 2.58. The van der Waals surface area contributed by atoms with Gasteiger partial charge < -0.3 is 19.3 Å². The first-order valence-electron chi connectivity index (χ1n) is 10.7. The molecule has 1 saturated heterocycles. The van der Waals surface area contributed by atoms with E-state index in [1.54, 1.807) is 44.6 Å². The van der Waals surface area contributed by atoms with Crippen LogP contribution in [0.2, 0.25) is 0 Å². The third kappa shape index (κ3) is 4.00. The first-order chi connectivity index (χ1) is 14.9. The number of methoxy groups -OCH3 is 2. The van der Waals surface area contributed by atoms with Gasteiger partial charge in [-0.25, -0.2) is 0 Å². The van der Waals surface area contributed by atoms with Gasteiger partial charge in [0.25, 0.3) is 0 Å². The van der Waals surface area contributed by atoms with Gasteiger partial charge in [-0.15, -0.1) is 0 Å². The van der Waals surface area contributed by atoms with E-state index in [9.17, 15) is 9.90 Å². The van der Waals surface area contributed by atoms with Crippen molar-refractivity contribution in [2.24, 2.45) is 0 Å². The molecule has 0 aliphatic carbocycles. The Hall–Kier alpha value is -2.99. The Balaban J connectivity index is 1.73. The fourth-order valence-electron chi connectivity index (χ4n) is 4.42. The number of allylic oxidation sites excluding steroid dienone is 1. The van der Waals surface area contributed by atoms with E-state index in [1.165, 1.54) is 6.42 Å². The number of likely N-dealkylation sites (tertiary alicyclic amines) is 1.